The number of aromatic nitrogens is 2. The molecule has 0 spiro atoms. The van der Waals surface area contributed by atoms with Gasteiger partial charge in [-0.1, -0.05) is 42.5 Å². The summed E-state index contributed by atoms with van der Waals surface area (Å²) in [5.74, 6) is 1.02. The molecular formula is C23H24N4O. The number of hydrogen-bond donors (Lipinski definition) is 0. The number of hydrogen-bond acceptors (Lipinski definition) is 4. The quantitative estimate of drug-likeness (QED) is 0.703. The van der Waals surface area contributed by atoms with Crippen molar-refractivity contribution < 1.29 is 4.79 Å². The lowest BCUT2D eigenvalue weighted by Gasteiger charge is -2.36. The molecule has 1 amide bonds. The van der Waals surface area contributed by atoms with Crippen LogP contribution in [-0.4, -0.2) is 47.0 Å². The third-order valence-corrected chi connectivity index (χ3v) is 5.13. The summed E-state index contributed by atoms with van der Waals surface area (Å²) >= 11 is 0. The summed E-state index contributed by atoms with van der Waals surface area (Å²) in [6, 6.07) is 18.0. The van der Waals surface area contributed by atoms with Crippen LogP contribution in [0.3, 0.4) is 0 Å². The van der Waals surface area contributed by atoms with Crippen molar-refractivity contribution in [2.45, 2.75) is 13.8 Å². The molecule has 142 valence electrons. The van der Waals surface area contributed by atoms with Crippen LogP contribution >= 0.6 is 0 Å². The van der Waals surface area contributed by atoms with Gasteiger partial charge >= 0.3 is 0 Å². The van der Waals surface area contributed by atoms with Crippen LogP contribution in [0, 0.1) is 13.8 Å². The summed E-state index contributed by atoms with van der Waals surface area (Å²) in [5.41, 5.74) is 4.77. The van der Waals surface area contributed by atoms with Crippen LogP contribution in [0.15, 0.2) is 60.8 Å². The molecule has 1 saturated heterocycles. The molecule has 1 aromatic heterocycles. The predicted molar refractivity (Wildman–Crippen MR) is 112 cm³/mol. The molecule has 0 unspecified atom stereocenters. The van der Waals surface area contributed by atoms with E-state index in [0.29, 0.717) is 13.1 Å². The van der Waals surface area contributed by atoms with Gasteiger partial charge in [0.1, 0.15) is 5.82 Å². The molecule has 0 bridgehead atoms. The summed E-state index contributed by atoms with van der Waals surface area (Å²) in [4.78, 5) is 26.2. The average molecular weight is 372 g/mol. The van der Waals surface area contributed by atoms with E-state index in [2.05, 4.69) is 27.0 Å². The molecule has 2 heterocycles. The topological polar surface area (TPSA) is 49.3 Å². The molecule has 3 aromatic rings. The van der Waals surface area contributed by atoms with Crippen molar-refractivity contribution in [3.05, 3.63) is 77.7 Å². The summed E-state index contributed by atoms with van der Waals surface area (Å²) in [7, 11) is 0. The van der Waals surface area contributed by atoms with Crippen LogP contribution in [0.2, 0.25) is 0 Å². The molecule has 0 radical (unpaired) electrons. The number of amides is 1. The van der Waals surface area contributed by atoms with Gasteiger partial charge in [-0.05, 0) is 37.1 Å². The predicted octanol–water partition coefficient (Wildman–Crippen LogP) is 3.72. The van der Waals surface area contributed by atoms with Gasteiger partial charge in [0.15, 0.2) is 0 Å². The summed E-state index contributed by atoms with van der Waals surface area (Å²) in [5, 5.41) is 0. The van der Waals surface area contributed by atoms with Crippen LogP contribution in [0.4, 0.5) is 5.82 Å². The van der Waals surface area contributed by atoms with E-state index in [9.17, 15) is 4.79 Å². The molecule has 0 aliphatic carbocycles. The number of anilines is 1. The van der Waals surface area contributed by atoms with Gasteiger partial charge in [0.25, 0.3) is 5.91 Å². The zero-order valence-electron chi connectivity index (χ0n) is 16.3. The zero-order chi connectivity index (χ0) is 19.5. The Balaban J connectivity index is 1.47. The smallest absolute Gasteiger partial charge is 0.253 e. The van der Waals surface area contributed by atoms with Gasteiger partial charge in [0, 0.05) is 37.9 Å². The molecule has 1 fully saturated rings. The standard InChI is InChI=1S/C23H24N4O/c1-17-16-24-18(2)22(25-17)26-11-13-27(14-12-26)23(28)21-10-6-9-20(15-21)19-7-4-3-5-8-19/h3-10,15-16H,11-14H2,1-2H3. The minimum absolute atomic E-state index is 0.0875. The highest BCUT2D eigenvalue weighted by Crippen LogP contribution is 2.22. The molecule has 0 N–H and O–H groups in total. The monoisotopic (exact) mass is 372 g/mol. The molecular weight excluding hydrogens is 348 g/mol. The summed E-state index contributed by atoms with van der Waals surface area (Å²) in [6.07, 6.45) is 1.79. The number of aryl methyl sites for hydroxylation is 2. The first-order valence-electron chi connectivity index (χ1n) is 9.62. The van der Waals surface area contributed by atoms with Crippen molar-refractivity contribution in [3.63, 3.8) is 0 Å². The lowest BCUT2D eigenvalue weighted by Crippen LogP contribution is -2.49. The zero-order valence-corrected chi connectivity index (χ0v) is 16.3. The molecule has 0 atom stereocenters. The maximum absolute atomic E-state index is 13.0. The van der Waals surface area contributed by atoms with E-state index in [4.69, 9.17) is 0 Å². The second-order valence-electron chi connectivity index (χ2n) is 7.15. The lowest BCUT2D eigenvalue weighted by molar-refractivity contribution is 0.0746. The van der Waals surface area contributed by atoms with Gasteiger partial charge in [0.2, 0.25) is 0 Å². The second-order valence-corrected chi connectivity index (χ2v) is 7.15. The molecule has 28 heavy (non-hydrogen) atoms. The van der Waals surface area contributed by atoms with E-state index in [1.54, 1.807) is 6.20 Å². The highest BCUT2D eigenvalue weighted by Gasteiger charge is 2.24. The Hall–Kier alpha value is -3.21. The fraction of sp³-hybridized carbons (Fsp3) is 0.261. The van der Waals surface area contributed by atoms with E-state index < -0.39 is 0 Å². The van der Waals surface area contributed by atoms with Gasteiger partial charge in [-0.2, -0.15) is 0 Å². The Kier molecular flexibility index (Phi) is 5.06. The second kappa shape index (κ2) is 7.80. The fourth-order valence-corrected chi connectivity index (χ4v) is 3.59. The summed E-state index contributed by atoms with van der Waals surface area (Å²) in [6.45, 7) is 6.84. The maximum atomic E-state index is 13.0. The number of nitrogens with zero attached hydrogens (tertiary/aromatic N) is 4. The minimum Gasteiger partial charge on any atom is -0.352 e. The Morgan fingerprint density at radius 1 is 0.893 bits per heavy atom. The van der Waals surface area contributed by atoms with E-state index in [1.807, 2.05) is 61.2 Å². The number of piperazine rings is 1. The minimum atomic E-state index is 0.0875. The Morgan fingerprint density at radius 2 is 1.61 bits per heavy atom. The van der Waals surface area contributed by atoms with Crippen LogP contribution in [0.5, 0.6) is 0 Å². The molecule has 0 saturated carbocycles. The summed E-state index contributed by atoms with van der Waals surface area (Å²) < 4.78 is 0. The van der Waals surface area contributed by atoms with Crippen LogP contribution in [0.1, 0.15) is 21.7 Å². The first-order chi connectivity index (χ1) is 13.6. The maximum Gasteiger partial charge on any atom is 0.253 e. The molecule has 1 aliphatic heterocycles. The highest BCUT2D eigenvalue weighted by atomic mass is 16.2. The van der Waals surface area contributed by atoms with Crippen LogP contribution in [-0.2, 0) is 0 Å². The number of carbonyl (C=O) groups is 1. The van der Waals surface area contributed by atoms with Gasteiger partial charge in [-0.3, -0.25) is 9.78 Å². The normalized spacial score (nSPS) is 14.2. The van der Waals surface area contributed by atoms with Gasteiger partial charge < -0.3 is 9.80 Å². The van der Waals surface area contributed by atoms with E-state index in [-0.39, 0.29) is 5.91 Å². The first kappa shape index (κ1) is 18.2. The van der Waals surface area contributed by atoms with E-state index >= 15 is 0 Å². The van der Waals surface area contributed by atoms with E-state index in [1.165, 1.54) is 0 Å². The Bertz CT molecular complexity index is 979. The molecule has 1 aliphatic rings. The molecule has 5 nitrogen and oxygen atoms in total. The third kappa shape index (κ3) is 3.74. The SMILES string of the molecule is Cc1cnc(C)c(N2CCN(C(=O)c3cccc(-c4ccccc4)c3)CC2)n1. The van der Waals surface area contributed by atoms with Crippen LogP contribution in [0.25, 0.3) is 11.1 Å². The van der Waals surface area contributed by atoms with Crippen LogP contribution < -0.4 is 4.90 Å². The molecule has 5 heteroatoms. The van der Waals surface area contributed by atoms with Crippen molar-refractivity contribution in [1.29, 1.82) is 0 Å². The average Bonchev–Trinajstić information content (AvgIpc) is 2.76. The third-order valence-electron chi connectivity index (χ3n) is 5.13. The van der Waals surface area contributed by atoms with E-state index in [0.717, 1.165) is 47.0 Å². The van der Waals surface area contributed by atoms with Gasteiger partial charge in [-0.15, -0.1) is 0 Å². The largest absolute Gasteiger partial charge is 0.352 e. The number of carbonyl (C=O) groups excluding carboxylic acids is 1. The van der Waals surface area contributed by atoms with Crippen molar-refractivity contribution in [3.8, 4) is 11.1 Å². The van der Waals surface area contributed by atoms with Crippen molar-refractivity contribution in [1.82, 2.24) is 14.9 Å². The van der Waals surface area contributed by atoms with Crippen molar-refractivity contribution in [2.75, 3.05) is 31.1 Å². The number of rotatable bonds is 3. The fourth-order valence-electron chi connectivity index (χ4n) is 3.59. The Labute approximate surface area is 165 Å². The van der Waals surface area contributed by atoms with Gasteiger partial charge in [-0.25, -0.2) is 4.98 Å². The first-order valence-corrected chi connectivity index (χ1v) is 9.62. The lowest BCUT2D eigenvalue weighted by atomic mass is 10.0. The molecule has 2 aromatic carbocycles. The Morgan fingerprint density at radius 3 is 2.36 bits per heavy atom. The molecule has 4 rings (SSSR count). The highest BCUT2D eigenvalue weighted by molar-refractivity contribution is 5.95. The van der Waals surface area contributed by atoms with Crippen molar-refractivity contribution in [2.24, 2.45) is 0 Å². The van der Waals surface area contributed by atoms with Gasteiger partial charge in [0.05, 0.1) is 11.4 Å². The van der Waals surface area contributed by atoms with Crippen molar-refractivity contribution >= 4 is 11.7 Å². The number of benzene rings is 2.